The number of rotatable bonds is 5. The van der Waals surface area contributed by atoms with Crippen molar-refractivity contribution in [3.63, 3.8) is 0 Å². The van der Waals surface area contributed by atoms with Gasteiger partial charge in [0.2, 0.25) is 5.89 Å². The van der Waals surface area contributed by atoms with Gasteiger partial charge in [-0.2, -0.15) is 0 Å². The predicted octanol–water partition coefficient (Wildman–Crippen LogP) is 1.66. The minimum Gasteiger partial charge on any atom is -0.408 e. The van der Waals surface area contributed by atoms with Gasteiger partial charge in [-0.1, -0.05) is 35.4 Å². The maximum absolute atomic E-state index is 11.4. The van der Waals surface area contributed by atoms with Crippen molar-refractivity contribution in [1.82, 2.24) is 10.2 Å². The number of hydrogen-bond donors (Lipinski definition) is 1. The maximum Gasteiger partial charge on any atom is 0.315 e. The molecule has 0 bridgehead atoms. The summed E-state index contributed by atoms with van der Waals surface area (Å²) in [6.07, 6.45) is 1.21. The van der Waals surface area contributed by atoms with Crippen LogP contribution in [-0.4, -0.2) is 30.1 Å². The molecule has 1 aliphatic rings. The van der Waals surface area contributed by atoms with Gasteiger partial charge in [0.25, 0.3) is 0 Å². The van der Waals surface area contributed by atoms with Crippen molar-refractivity contribution in [1.29, 1.82) is 0 Å². The topological polar surface area (TPSA) is 85.1 Å². The van der Waals surface area contributed by atoms with Gasteiger partial charge in [0.15, 0.2) is 9.84 Å². The number of benzene rings is 1. The molecular weight excluding hydrogens is 290 g/mol. The number of anilines is 1. The highest BCUT2D eigenvalue weighted by molar-refractivity contribution is 7.91. The first-order valence-electron chi connectivity index (χ1n) is 6.91. The Balaban J connectivity index is 1.54. The lowest BCUT2D eigenvalue weighted by molar-refractivity contribution is 0.454. The van der Waals surface area contributed by atoms with Crippen molar-refractivity contribution in [2.75, 3.05) is 16.8 Å². The van der Waals surface area contributed by atoms with Gasteiger partial charge in [-0.15, -0.1) is 5.10 Å². The fraction of sp³-hybridized carbons (Fsp3) is 0.429. The fourth-order valence-corrected chi connectivity index (χ4v) is 4.32. The third kappa shape index (κ3) is 3.81. The SMILES string of the molecule is O=S1(=O)CCC(Cc2nnc(NCc3ccccc3)o2)C1. The van der Waals surface area contributed by atoms with E-state index in [1.165, 1.54) is 0 Å². The summed E-state index contributed by atoms with van der Waals surface area (Å²) in [5, 5.41) is 11.0. The van der Waals surface area contributed by atoms with Crippen LogP contribution >= 0.6 is 0 Å². The second-order valence-electron chi connectivity index (χ2n) is 5.31. The number of nitrogens with one attached hydrogen (secondary N) is 1. The van der Waals surface area contributed by atoms with E-state index in [-0.39, 0.29) is 17.4 Å². The van der Waals surface area contributed by atoms with E-state index in [2.05, 4.69) is 15.5 Å². The Labute approximate surface area is 123 Å². The quantitative estimate of drug-likeness (QED) is 0.904. The third-order valence-corrected chi connectivity index (χ3v) is 5.38. The Morgan fingerprint density at radius 2 is 2.05 bits per heavy atom. The van der Waals surface area contributed by atoms with Crippen LogP contribution in [-0.2, 0) is 22.8 Å². The molecule has 7 heteroatoms. The van der Waals surface area contributed by atoms with E-state index in [0.29, 0.717) is 31.3 Å². The summed E-state index contributed by atoms with van der Waals surface area (Å²) in [5.74, 6) is 1.08. The molecule has 1 unspecified atom stereocenters. The van der Waals surface area contributed by atoms with Crippen LogP contribution < -0.4 is 5.32 Å². The van der Waals surface area contributed by atoms with Gasteiger partial charge in [-0.05, 0) is 17.9 Å². The summed E-state index contributed by atoms with van der Waals surface area (Å²) in [4.78, 5) is 0. The van der Waals surface area contributed by atoms with Crippen LogP contribution in [0.15, 0.2) is 34.7 Å². The van der Waals surface area contributed by atoms with Crippen LogP contribution in [0, 0.1) is 5.92 Å². The molecule has 6 nitrogen and oxygen atoms in total. The van der Waals surface area contributed by atoms with Gasteiger partial charge >= 0.3 is 6.01 Å². The minimum atomic E-state index is -2.86. The zero-order chi connectivity index (χ0) is 14.7. The molecule has 0 amide bonds. The van der Waals surface area contributed by atoms with E-state index in [4.69, 9.17) is 4.42 Å². The monoisotopic (exact) mass is 307 g/mol. The molecule has 3 rings (SSSR count). The predicted molar refractivity (Wildman–Crippen MR) is 78.5 cm³/mol. The number of aromatic nitrogens is 2. The highest BCUT2D eigenvalue weighted by atomic mass is 32.2. The van der Waals surface area contributed by atoms with E-state index in [9.17, 15) is 8.42 Å². The van der Waals surface area contributed by atoms with Gasteiger partial charge in [0.1, 0.15) is 0 Å². The zero-order valence-electron chi connectivity index (χ0n) is 11.5. The van der Waals surface area contributed by atoms with Gasteiger partial charge in [0, 0.05) is 13.0 Å². The zero-order valence-corrected chi connectivity index (χ0v) is 12.3. The van der Waals surface area contributed by atoms with Crippen molar-refractivity contribution in [3.8, 4) is 0 Å². The average Bonchev–Trinajstić information content (AvgIpc) is 3.04. The highest BCUT2D eigenvalue weighted by Crippen LogP contribution is 2.22. The Hall–Kier alpha value is -1.89. The lowest BCUT2D eigenvalue weighted by Crippen LogP contribution is -2.07. The summed E-state index contributed by atoms with van der Waals surface area (Å²) in [6, 6.07) is 10.3. The minimum absolute atomic E-state index is 0.0948. The summed E-state index contributed by atoms with van der Waals surface area (Å²) < 4.78 is 28.3. The third-order valence-electron chi connectivity index (χ3n) is 3.54. The Morgan fingerprint density at radius 3 is 2.76 bits per heavy atom. The van der Waals surface area contributed by atoms with Crippen molar-refractivity contribution in [2.24, 2.45) is 5.92 Å². The second kappa shape index (κ2) is 5.85. The van der Waals surface area contributed by atoms with Crippen LogP contribution in [0.25, 0.3) is 0 Å². The lowest BCUT2D eigenvalue weighted by Gasteiger charge is -2.02. The van der Waals surface area contributed by atoms with Crippen molar-refractivity contribution >= 4 is 15.9 Å². The van der Waals surface area contributed by atoms with Crippen LogP contribution in [0.3, 0.4) is 0 Å². The first-order valence-corrected chi connectivity index (χ1v) is 8.73. The lowest BCUT2D eigenvalue weighted by atomic mass is 10.1. The molecule has 2 heterocycles. The molecule has 1 aromatic heterocycles. The van der Waals surface area contributed by atoms with E-state index >= 15 is 0 Å². The van der Waals surface area contributed by atoms with Crippen LogP contribution in [0.5, 0.6) is 0 Å². The molecule has 1 aromatic carbocycles. The molecule has 21 heavy (non-hydrogen) atoms. The van der Waals surface area contributed by atoms with Crippen molar-refractivity contribution < 1.29 is 12.8 Å². The first kappa shape index (κ1) is 14.1. The van der Waals surface area contributed by atoms with E-state index in [1.807, 2.05) is 30.3 Å². The van der Waals surface area contributed by atoms with Gasteiger partial charge in [-0.3, -0.25) is 0 Å². The van der Waals surface area contributed by atoms with Gasteiger partial charge < -0.3 is 9.73 Å². The molecule has 0 radical (unpaired) electrons. The van der Waals surface area contributed by atoms with Crippen molar-refractivity contribution in [2.45, 2.75) is 19.4 Å². The molecule has 1 atom stereocenters. The highest BCUT2D eigenvalue weighted by Gasteiger charge is 2.29. The molecule has 0 saturated carbocycles. The van der Waals surface area contributed by atoms with Gasteiger partial charge in [-0.25, -0.2) is 8.42 Å². The van der Waals surface area contributed by atoms with E-state index < -0.39 is 9.84 Å². The summed E-state index contributed by atoms with van der Waals surface area (Å²) in [6.45, 7) is 0.611. The summed E-state index contributed by atoms with van der Waals surface area (Å²) >= 11 is 0. The smallest absolute Gasteiger partial charge is 0.315 e. The average molecular weight is 307 g/mol. The van der Waals surface area contributed by atoms with Crippen LogP contribution in [0.2, 0.25) is 0 Å². The second-order valence-corrected chi connectivity index (χ2v) is 7.54. The van der Waals surface area contributed by atoms with Crippen LogP contribution in [0.1, 0.15) is 17.9 Å². The number of hydrogen-bond acceptors (Lipinski definition) is 6. The molecule has 2 aromatic rings. The fourth-order valence-electron chi connectivity index (χ4n) is 2.46. The number of nitrogens with zero attached hydrogens (tertiary/aromatic N) is 2. The Morgan fingerprint density at radius 1 is 1.24 bits per heavy atom. The Bertz CT molecular complexity index is 697. The maximum atomic E-state index is 11.4. The molecule has 0 aliphatic carbocycles. The molecule has 1 saturated heterocycles. The normalized spacial score (nSPS) is 20.5. The number of sulfone groups is 1. The largest absolute Gasteiger partial charge is 0.408 e. The molecular formula is C14H17N3O3S. The summed E-state index contributed by atoms with van der Waals surface area (Å²) in [7, 11) is -2.86. The first-order chi connectivity index (χ1) is 10.1. The summed E-state index contributed by atoms with van der Waals surface area (Å²) in [5.41, 5.74) is 1.12. The molecule has 0 spiro atoms. The van der Waals surface area contributed by atoms with E-state index in [0.717, 1.165) is 5.56 Å². The van der Waals surface area contributed by atoms with E-state index in [1.54, 1.807) is 0 Å². The standard InChI is InChI=1S/C14H17N3O3S/c18-21(19)7-6-12(10-21)8-13-16-17-14(20-13)15-9-11-4-2-1-3-5-11/h1-5,12H,6-10H2,(H,15,17). The molecule has 1 fully saturated rings. The Kier molecular flexibility index (Phi) is 3.92. The van der Waals surface area contributed by atoms with Gasteiger partial charge in [0.05, 0.1) is 11.5 Å². The molecule has 112 valence electrons. The molecule has 1 aliphatic heterocycles. The molecule has 1 N–H and O–H groups in total. The van der Waals surface area contributed by atoms with Crippen LogP contribution in [0.4, 0.5) is 6.01 Å². The van der Waals surface area contributed by atoms with Crippen molar-refractivity contribution in [3.05, 3.63) is 41.8 Å².